The molecule has 0 fully saturated rings. The lowest BCUT2D eigenvalue weighted by molar-refractivity contribution is -0.854. The number of furan rings is 1. The Balaban J connectivity index is 2.26. The maximum Gasteiger partial charge on any atom is 0.274 e. The van der Waals surface area contributed by atoms with E-state index < -0.39 is 9.57 Å². The van der Waals surface area contributed by atoms with Crippen molar-refractivity contribution in [2.24, 2.45) is 0 Å². The van der Waals surface area contributed by atoms with Crippen molar-refractivity contribution >= 4 is 11.8 Å². The zero-order valence-electron chi connectivity index (χ0n) is 13.0. The lowest BCUT2D eigenvalue weighted by atomic mass is 10.4. The van der Waals surface area contributed by atoms with Crippen LogP contribution >= 0.6 is 11.8 Å². The molecule has 0 unspecified atom stereocenters. The van der Waals surface area contributed by atoms with Gasteiger partial charge in [-0.1, -0.05) is 0 Å². The molecule has 0 saturated carbocycles. The first-order chi connectivity index (χ1) is 10.3. The van der Waals surface area contributed by atoms with Crippen LogP contribution in [-0.2, 0) is 12.3 Å². The summed E-state index contributed by atoms with van der Waals surface area (Å²) in [5.74, 6) is 3.35. The van der Waals surface area contributed by atoms with Crippen molar-refractivity contribution in [1.29, 1.82) is 0 Å². The van der Waals surface area contributed by atoms with E-state index in [2.05, 4.69) is 10.6 Å². The summed E-state index contributed by atoms with van der Waals surface area (Å²) in [6.07, 6.45) is 0.895. The van der Waals surface area contributed by atoms with Crippen LogP contribution < -0.4 is 10.6 Å². The predicted octanol–water partition coefficient (Wildman–Crippen LogP) is 1.47. The van der Waals surface area contributed by atoms with Gasteiger partial charge in [-0.15, -0.1) is 0 Å². The van der Waals surface area contributed by atoms with Gasteiger partial charge >= 0.3 is 0 Å². The highest BCUT2D eigenvalue weighted by atomic mass is 32.2. The van der Waals surface area contributed by atoms with Gasteiger partial charge in [0.25, 0.3) is 6.20 Å². The Kier molecular flexibility index (Phi) is 7.22. The van der Waals surface area contributed by atoms with Gasteiger partial charge in [0, 0.05) is 19.3 Å². The van der Waals surface area contributed by atoms with Gasteiger partial charge in [0.05, 0.1) is 24.8 Å². The maximum atomic E-state index is 11.6. The largest absolute Gasteiger partial charge is 0.633 e. The molecule has 1 aromatic heterocycles. The first kappa shape index (κ1) is 18.3. The van der Waals surface area contributed by atoms with E-state index in [9.17, 15) is 15.3 Å². The van der Waals surface area contributed by atoms with Crippen LogP contribution in [0.15, 0.2) is 28.6 Å². The third-order valence-electron chi connectivity index (χ3n) is 2.56. The summed E-state index contributed by atoms with van der Waals surface area (Å²) in [7, 11) is 4.76. The number of nitrogens with one attached hydrogen (secondary N) is 2. The van der Waals surface area contributed by atoms with Gasteiger partial charge in [0.2, 0.25) is 0 Å². The summed E-state index contributed by atoms with van der Waals surface area (Å²) in [5.41, 5.74) is 0. The highest BCUT2D eigenvalue weighted by molar-refractivity contribution is 7.98. The lowest BCUT2D eigenvalue weighted by Gasteiger charge is -2.32. The molecule has 124 valence electrons. The summed E-state index contributed by atoms with van der Waals surface area (Å²) < 4.78 is 5.17. The molecule has 0 amide bonds. The average molecular weight is 330 g/mol. The fourth-order valence-electron chi connectivity index (χ4n) is 1.69. The molecule has 1 rings (SSSR count). The molecule has 0 spiro atoms. The Morgan fingerprint density at radius 1 is 1.45 bits per heavy atom. The molecule has 0 aliphatic rings. The van der Waals surface area contributed by atoms with Gasteiger partial charge in [0.15, 0.2) is 11.6 Å². The molecule has 2 N–H and O–H groups in total. The van der Waals surface area contributed by atoms with Crippen molar-refractivity contribution in [1.82, 2.24) is 10.6 Å². The lowest BCUT2D eigenvalue weighted by Crippen LogP contribution is -2.30. The highest BCUT2D eigenvalue weighted by Crippen LogP contribution is 2.17. The van der Waals surface area contributed by atoms with E-state index >= 15 is 0 Å². The Bertz CT molecular complexity index is 510. The minimum atomic E-state index is -0.508. The van der Waals surface area contributed by atoms with E-state index in [0.29, 0.717) is 30.4 Å². The first-order valence-electron chi connectivity index (χ1n) is 6.76. The molecule has 22 heavy (non-hydrogen) atoms. The molecular weight excluding hydrogens is 308 g/mol. The number of hydrogen-bond acceptors (Lipinski definition) is 7. The van der Waals surface area contributed by atoms with Crippen LogP contribution in [0.1, 0.15) is 11.5 Å². The number of hydroxylamine groups is 3. The highest BCUT2D eigenvalue weighted by Gasteiger charge is 2.09. The fourth-order valence-corrected chi connectivity index (χ4v) is 2.44. The molecule has 0 saturated heterocycles. The fraction of sp³-hybridized carbons (Fsp3) is 0.538. The SMILES string of the molecule is CN/C(=C/[N+](=O)[O-])NCCSCc1ccc(C[N+](C)(C)[O-])o1. The molecule has 8 nitrogen and oxygen atoms in total. The van der Waals surface area contributed by atoms with Crippen LogP contribution in [0.25, 0.3) is 0 Å². The normalized spacial score (nSPS) is 12.3. The molecule has 9 heteroatoms. The van der Waals surface area contributed by atoms with Crippen LogP contribution in [0.3, 0.4) is 0 Å². The molecule has 0 aromatic carbocycles. The van der Waals surface area contributed by atoms with Gasteiger partial charge in [0.1, 0.15) is 12.3 Å². The van der Waals surface area contributed by atoms with Crippen molar-refractivity contribution in [2.45, 2.75) is 12.3 Å². The number of rotatable bonds is 10. The zero-order chi connectivity index (χ0) is 16.6. The number of hydrogen-bond donors (Lipinski definition) is 2. The summed E-state index contributed by atoms with van der Waals surface area (Å²) in [4.78, 5) is 9.84. The first-order valence-corrected chi connectivity index (χ1v) is 7.92. The Morgan fingerprint density at radius 2 is 2.14 bits per heavy atom. The zero-order valence-corrected chi connectivity index (χ0v) is 13.8. The number of nitro groups is 1. The number of nitrogens with zero attached hydrogens (tertiary/aromatic N) is 2. The van der Waals surface area contributed by atoms with Crippen molar-refractivity contribution in [3.8, 4) is 0 Å². The molecule has 1 heterocycles. The van der Waals surface area contributed by atoms with E-state index in [1.54, 1.807) is 32.9 Å². The standard InChI is InChI=1S/C13H22N4O4S/c1-14-13(8-16(18)19)15-6-7-22-10-12-5-4-11(21-12)9-17(2,3)20/h4-5,8,14-15H,6-7,9-10H2,1-3H3/b13-8-. The Labute approximate surface area is 133 Å². The average Bonchev–Trinajstić information content (AvgIpc) is 2.81. The van der Waals surface area contributed by atoms with Crippen molar-refractivity contribution in [3.05, 3.63) is 51.0 Å². The molecule has 0 atom stereocenters. The van der Waals surface area contributed by atoms with Crippen LogP contribution in [0.2, 0.25) is 0 Å². The van der Waals surface area contributed by atoms with E-state index in [1.807, 2.05) is 12.1 Å². The quantitative estimate of drug-likeness (QED) is 0.290. The molecule has 0 aliphatic carbocycles. The van der Waals surface area contributed by atoms with Crippen LogP contribution in [0, 0.1) is 15.3 Å². The summed E-state index contributed by atoms with van der Waals surface area (Å²) in [6.45, 7) is 0.909. The second kappa shape index (κ2) is 8.66. The monoisotopic (exact) mass is 330 g/mol. The number of thioether (sulfide) groups is 1. The topological polar surface area (TPSA) is 103 Å². The molecule has 1 aromatic rings. The van der Waals surface area contributed by atoms with Crippen molar-refractivity contribution < 1.29 is 14.0 Å². The predicted molar refractivity (Wildman–Crippen MR) is 86.2 cm³/mol. The van der Waals surface area contributed by atoms with Gasteiger partial charge < -0.3 is 24.9 Å². The minimum Gasteiger partial charge on any atom is -0.633 e. The van der Waals surface area contributed by atoms with E-state index in [0.717, 1.165) is 17.7 Å². The summed E-state index contributed by atoms with van der Waals surface area (Å²) in [5, 5.41) is 27.6. The van der Waals surface area contributed by atoms with Crippen LogP contribution in [0.5, 0.6) is 0 Å². The molecule has 0 bridgehead atoms. The van der Waals surface area contributed by atoms with Gasteiger partial charge in [-0.25, -0.2) is 0 Å². The second-order valence-electron chi connectivity index (χ2n) is 5.16. The van der Waals surface area contributed by atoms with Gasteiger partial charge in [-0.3, -0.25) is 10.1 Å². The minimum absolute atomic E-state index is 0.309. The van der Waals surface area contributed by atoms with Gasteiger partial charge in [-0.05, 0) is 12.1 Å². The van der Waals surface area contributed by atoms with E-state index in [4.69, 9.17) is 4.42 Å². The van der Waals surface area contributed by atoms with Crippen LogP contribution in [-0.4, -0.2) is 43.0 Å². The Morgan fingerprint density at radius 3 is 2.73 bits per heavy atom. The third kappa shape index (κ3) is 7.91. The van der Waals surface area contributed by atoms with Crippen molar-refractivity contribution in [3.63, 3.8) is 0 Å². The number of quaternary nitrogens is 1. The van der Waals surface area contributed by atoms with E-state index in [-0.39, 0.29) is 0 Å². The summed E-state index contributed by atoms with van der Waals surface area (Å²) >= 11 is 1.64. The summed E-state index contributed by atoms with van der Waals surface area (Å²) in [6, 6.07) is 3.70. The molecular formula is C13H22N4O4S. The Hall–Kier alpha value is -1.71. The third-order valence-corrected chi connectivity index (χ3v) is 3.55. The molecule has 0 radical (unpaired) electrons. The van der Waals surface area contributed by atoms with Gasteiger partial charge in [-0.2, -0.15) is 11.8 Å². The second-order valence-corrected chi connectivity index (χ2v) is 6.26. The van der Waals surface area contributed by atoms with Crippen LogP contribution in [0.4, 0.5) is 0 Å². The van der Waals surface area contributed by atoms with E-state index in [1.165, 1.54) is 0 Å². The molecule has 0 aliphatic heterocycles. The smallest absolute Gasteiger partial charge is 0.274 e. The maximum absolute atomic E-state index is 11.6. The van der Waals surface area contributed by atoms with Crippen molar-refractivity contribution in [2.75, 3.05) is 33.4 Å².